The van der Waals surface area contributed by atoms with Gasteiger partial charge in [0.25, 0.3) is 11.8 Å². The zero-order chi connectivity index (χ0) is 27.9. The molecule has 0 saturated heterocycles. The highest BCUT2D eigenvalue weighted by Crippen LogP contribution is 2.25. The van der Waals surface area contributed by atoms with E-state index in [1.165, 1.54) is 23.1 Å². The van der Waals surface area contributed by atoms with E-state index in [0.29, 0.717) is 16.4 Å². The van der Waals surface area contributed by atoms with E-state index in [-0.39, 0.29) is 17.4 Å². The number of thioether (sulfide) groups is 1. The van der Waals surface area contributed by atoms with Crippen molar-refractivity contribution in [1.29, 1.82) is 0 Å². The van der Waals surface area contributed by atoms with Crippen LogP contribution in [0.15, 0.2) is 95.0 Å². The quantitative estimate of drug-likeness (QED) is 0.138. The summed E-state index contributed by atoms with van der Waals surface area (Å²) in [4.78, 5) is 42.7. The van der Waals surface area contributed by atoms with Crippen LogP contribution in [-0.2, 0) is 9.59 Å². The highest BCUT2D eigenvalue weighted by molar-refractivity contribution is 8.00. The largest absolute Gasteiger partial charge is 0.358 e. The summed E-state index contributed by atoms with van der Waals surface area (Å²) in [6, 6.07) is 23.6. The zero-order valence-electron chi connectivity index (χ0n) is 21.3. The number of hydrogen-bond acceptors (Lipinski definition) is 7. The summed E-state index contributed by atoms with van der Waals surface area (Å²) >= 11 is 2.61. The summed E-state index contributed by atoms with van der Waals surface area (Å²) < 4.78 is 0. The molecule has 3 aromatic carbocycles. The third kappa shape index (κ3) is 6.63. The van der Waals surface area contributed by atoms with Crippen LogP contribution in [0, 0.1) is 6.92 Å². The Bertz CT molecular complexity index is 1680. The van der Waals surface area contributed by atoms with Crippen LogP contribution in [0.2, 0.25) is 0 Å². The van der Waals surface area contributed by atoms with Crippen LogP contribution in [0.4, 0.5) is 10.8 Å². The number of nitrogens with one attached hydrogen (secondary N) is 4. The minimum Gasteiger partial charge on any atom is -0.358 e. The van der Waals surface area contributed by atoms with E-state index in [4.69, 9.17) is 0 Å². The predicted octanol–water partition coefficient (Wildman–Crippen LogP) is 5.47. The Balaban J connectivity index is 1.32. The van der Waals surface area contributed by atoms with Crippen LogP contribution in [0.1, 0.15) is 21.6 Å². The average Bonchev–Trinajstić information content (AvgIpc) is 3.59. The number of nitrogens with zero attached hydrogens (tertiary/aromatic N) is 2. The molecule has 2 heterocycles. The first-order valence-corrected chi connectivity index (χ1v) is 14.1. The molecule has 3 amide bonds. The Morgan fingerprint density at radius 2 is 1.70 bits per heavy atom. The lowest BCUT2D eigenvalue weighted by Crippen LogP contribution is -2.30. The normalized spacial score (nSPS) is 11.3. The van der Waals surface area contributed by atoms with Gasteiger partial charge in [-0.25, -0.2) is 0 Å². The number of amides is 3. The molecule has 200 valence electrons. The van der Waals surface area contributed by atoms with Gasteiger partial charge in [0.05, 0.1) is 5.75 Å². The molecule has 0 atom stereocenters. The van der Waals surface area contributed by atoms with Gasteiger partial charge >= 0.3 is 0 Å². The van der Waals surface area contributed by atoms with Crippen molar-refractivity contribution < 1.29 is 14.4 Å². The van der Waals surface area contributed by atoms with Crippen molar-refractivity contribution in [2.75, 3.05) is 16.4 Å². The lowest BCUT2D eigenvalue weighted by Gasteiger charge is -2.12. The Hall–Kier alpha value is -4.74. The Kier molecular flexibility index (Phi) is 8.33. The molecule has 0 fully saturated rings. The maximum Gasteiger partial charge on any atom is 0.272 e. The van der Waals surface area contributed by atoms with Gasteiger partial charge in [-0.15, -0.1) is 22.0 Å². The van der Waals surface area contributed by atoms with E-state index in [9.17, 15) is 14.4 Å². The van der Waals surface area contributed by atoms with Crippen molar-refractivity contribution in [2.45, 2.75) is 11.8 Å². The lowest BCUT2D eigenvalue weighted by molar-refractivity contribution is -0.114. The zero-order valence-corrected chi connectivity index (χ0v) is 22.9. The van der Waals surface area contributed by atoms with Crippen molar-refractivity contribution in [3.8, 4) is 0 Å². The summed E-state index contributed by atoms with van der Waals surface area (Å²) in [6.07, 6.45) is 1.69. The molecule has 0 unspecified atom stereocenters. The third-order valence-electron chi connectivity index (χ3n) is 5.85. The highest BCUT2D eigenvalue weighted by Gasteiger charge is 2.17. The summed E-state index contributed by atoms with van der Waals surface area (Å²) in [5, 5.41) is 17.2. The van der Waals surface area contributed by atoms with Gasteiger partial charge in [-0.2, -0.15) is 0 Å². The number of aromatic amines is 1. The number of carbonyl (C=O) groups is 3. The summed E-state index contributed by atoms with van der Waals surface area (Å²) in [5.74, 6) is -0.840. The van der Waals surface area contributed by atoms with E-state index in [1.807, 2.05) is 49.4 Å². The third-order valence-corrected chi connectivity index (χ3v) is 7.47. The molecule has 2 aromatic heterocycles. The first-order chi connectivity index (χ1) is 19.5. The topological polar surface area (TPSA) is 129 Å². The van der Waals surface area contributed by atoms with E-state index in [0.717, 1.165) is 27.1 Å². The van der Waals surface area contributed by atoms with Crippen LogP contribution >= 0.6 is 23.1 Å². The monoisotopic (exact) mass is 568 g/mol. The molecule has 0 radical (unpaired) electrons. The Morgan fingerprint density at radius 3 is 2.45 bits per heavy atom. The van der Waals surface area contributed by atoms with E-state index >= 15 is 0 Å². The molecule has 0 aliphatic carbocycles. The minimum atomic E-state index is -0.467. The maximum absolute atomic E-state index is 13.4. The molecule has 11 heteroatoms. The summed E-state index contributed by atoms with van der Waals surface area (Å²) in [6.45, 7) is 1.92. The molecule has 5 aromatic rings. The first-order valence-electron chi connectivity index (χ1n) is 12.2. The smallest absolute Gasteiger partial charge is 0.272 e. The van der Waals surface area contributed by atoms with Gasteiger partial charge in [0, 0.05) is 38.3 Å². The van der Waals surface area contributed by atoms with E-state index in [1.54, 1.807) is 48.0 Å². The number of aryl methyl sites for hydroxylation is 1. The van der Waals surface area contributed by atoms with Crippen LogP contribution < -0.4 is 16.0 Å². The van der Waals surface area contributed by atoms with Gasteiger partial charge in [0.15, 0.2) is 0 Å². The molecular formula is C29H24N6O3S2. The van der Waals surface area contributed by atoms with Crippen LogP contribution in [0.3, 0.4) is 0 Å². The Labute approximate surface area is 238 Å². The predicted molar refractivity (Wildman–Crippen MR) is 159 cm³/mol. The van der Waals surface area contributed by atoms with Crippen LogP contribution in [0.5, 0.6) is 0 Å². The standard InChI is InChI=1S/C29H24N6O3S2/c1-18-23(22-9-5-6-10-24(22)31-18)15-25(33-27(37)19-7-3-2-4-8-19)28(38)32-20-11-13-21(14-12-20)39-16-26(36)34-29-35-30-17-40-29/h2-15,17,31H,16H2,1H3,(H,32,38)(H,33,37)(H,34,35,36)/b25-15-. The fourth-order valence-electron chi connectivity index (χ4n) is 3.94. The second kappa shape index (κ2) is 12.4. The molecule has 40 heavy (non-hydrogen) atoms. The summed E-state index contributed by atoms with van der Waals surface area (Å²) in [5.41, 5.74) is 5.26. The second-order valence-corrected chi connectivity index (χ2v) is 10.5. The number of carbonyl (C=O) groups excluding carboxylic acids is 3. The number of hydrogen-bond donors (Lipinski definition) is 4. The van der Waals surface area contributed by atoms with Crippen molar-refractivity contribution >= 4 is 68.6 Å². The average molecular weight is 569 g/mol. The van der Waals surface area contributed by atoms with E-state index < -0.39 is 11.8 Å². The van der Waals surface area contributed by atoms with Gasteiger partial charge in [-0.05, 0) is 55.5 Å². The van der Waals surface area contributed by atoms with E-state index in [2.05, 4.69) is 31.1 Å². The first kappa shape index (κ1) is 26.9. The van der Waals surface area contributed by atoms with Gasteiger partial charge in [0.1, 0.15) is 11.2 Å². The van der Waals surface area contributed by atoms with Gasteiger partial charge in [-0.3, -0.25) is 19.7 Å². The van der Waals surface area contributed by atoms with Gasteiger partial charge < -0.3 is 15.6 Å². The van der Waals surface area contributed by atoms with Crippen molar-refractivity contribution in [3.05, 3.63) is 107 Å². The fourth-order valence-corrected chi connectivity index (χ4v) is 5.10. The van der Waals surface area contributed by atoms with Crippen molar-refractivity contribution in [1.82, 2.24) is 20.5 Å². The number of H-pyrrole nitrogens is 1. The maximum atomic E-state index is 13.4. The number of aromatic nitrogens is 3. The number of anilines is 2. The van der Waals surface area contributed by atoms with Crippen molar-refractivity contribution in [2.24, 2.45) is 0 Å². The molecule has 0 aliphatic heterocycles. The number of rotatable bonds is 9. The highest BCUT2D eigenvalue weighted by atomic mass is 32.2. The number of para-hydroxylation sites is 1. The van der Waals surface area contributed by atoms with Crippen molar-refractivity contribution in [3.63, 3.8) is 0 Å². The molecule has 0 bridgehead atoms. The van der Waals surface area contributed by atoms with Crippen LogP contribution in [-0.4, -0.2) is 38.7 Å². The van der Waals surface area contributed by atoms with Crippen LogP contribution in [0.25, 0.3) is 17.0 Å². The molecule has 4 N–H and O–H groups in total. The summed E-state index contributed by atoms with van der Waals surface area (Å²) in [7, 11) is 0. The molecule has 9 nitrogen and oxygen atoms in total. The molecule has 0 aliphatic rings. The SMILES string of the molecule is Cc1[nH]c2ccccc2c1/C=C(\NC(=O)c1ccccc1)C(=O)Nc1ccc(SCC(=O)Nc2nncs2)cc1. The minimum absolute atomic E-state index is 0.105. The van der Waals surface area contributed by atoms with Gasteiger partial charge in [0.2, 0.25) is 11.0 Å². The van der Waals surface area contributed by atoms with Gasteiger partial charge in [-0.1, -0.05) is 47.7 Å². The molecule has 5 rings (SSSR count). The lowest BCUT2D eigenvalue weighted by atomic mass is 10.1. The molecular weight excluding hydrogens is 544 g/mol. The number of fused-ring (bicyclic) bond motifs is 1. The second-order valence-electron chi connectivity index (χ2n) is 8.65. The number of benzene rings is 3. The molecule has 0 saturated carbocycles. The fraction of sp³-hybridized carbons (Fsp3) is 0.0690. The Morgan fingerprint density at radius 1 is 0.950 bits per heavy atom. The molecule has 0 spiro atoms.